The first-order valence-electron chi connectivity index (χ1n) is 27.3. The van der Waals surface area contributed by atoms with Crippen molar-refractivity contribution in [2.75, 3.05) is 4.90 Å². The summed E-state index contributed by atoms with van der Waals surface area (Å²) in [5, 5.41) is 0. The molecular weight excluding hydrogens is 979 g/mol. The Morgan fingerprint density at radius 1 is 0.253 bits per heavy atom. The van der Waals surface area contributed by atoms with Crippen molar-refractivity contribution < 1.29 is 9.47 Å². The molecule has 0 bridgehead atoms. The molecule has 3 nitrogen and oxygen atoms in total. The Bertz CT molecular complexity index is 4310. The molecule has 4 heteroatoms. The van der Waals surface area contributed by atoms with E-state index in [1.807, 2.05) is 11.8 Å². The second-order valence-corrected chi connectivity index (χ2v) is 22.7. The highest BCUT2D eigenvalue weighted by molar-refractivity contribution is 7.99. The number of hydrogen-bond acceptors (Lipinski definition) is 4. The summed E-state index contributed by atoms with van der Waals surface area (Å²) >= 11 is 1.88. The molecule has 3 heterocycles. The quantitative estimate of drug-likeness (QED) is 0.176. The van der Waals surface area contributed by atoms with E-state index in [4.69, 9.17) is 9.47 Å². The van der Waals surface area contributed by atoms with Crippen molar-refractivity contribution in [2.24, 2.45) is 0 Å². The summed E-state index contributed by atoms with van der Waals surface area (Å²) in [7, 11) is 0. The highest BCUT2D eigenvalue weighted by Gasteiger charge is 2.55. The van der Waals surface area contributed by atoms with Gasteiger partial charge in [0, 0.05) is 48.9 Å². The average Bonchev–Trinajstić information content (AvgIpc) is 3.60. The molecule has 0 radical (unpaired) electrons. The SMILES string of the molecule is c1ccc2c(c1)Oc1ccccc1C21c2ccccc2-c2c(N(c3ccc4c(c3)C3(c5ccccc5Sc5ccccc53)c3ccccc3-4)c3cccc4c3-c3ccccc3C43c4ccccc4Oc4ccccc43)cccc21. The molecule has 0 fully saturated rings. The van der Waals surface area contributed by atoms with Crippen LogP contribution in [0.1, 0.15) is 66.8 Å². The number of anilines is 3. The molecule has 12 aromatic carbocycles. The lowest BCUT2D eigenvalue weighted by atomic mass is 9.66. The molecule has 0 saturated carbocycles. The molecule has 0 unspecified atom stereocenters. The van der Waals surface area contributed by atoms with Crippen LogP contribution in [0.25, 0.3) is 33.4 Å². The van der Waals surface area contributed by atoms with E-state index in [9.17, 15) is 0 Å². The average molecular weight is 1020 g/mol. The number of ether oxygens (including phenoxy) is 2. The third-order valence-electron chi connectivity index (χ3n) is 18.3. The minimum atomic E-state index is -0.666. The van der Waals surface area contributed by atoms with Crippen molar-refractivity contribution in [3.05, 3.63) is 340 Å². The summed E-state index contributed by atoms with van der Waals surface area (Å²) in [6.07, 6.45) is 0. The van der Waals surface area contributed by atoms with Crippen LogP contribution < -0.4 is 14.4 Å². The zero-order chi connectivity index (χ0) is 51.6. The van der Waals surface area contributed by atoms with Crippen molar-refractivity contribution in [2.45, 2.75) is 26.0 Å². The molecular formula is C75H45NO2S. The monoisotopic (exact) mass is 1020 g/mol. The van der Waals surface area contributed by atoms with Gasteiger partial charge >= 0.3 is 0 Å². The maximum Gasteiger partial charge on any atom is 0.132 e. The lowest BCUT2D eigenvalue weighted by Crippen LogP contribution is -2.32. The van der Waals surface area contributed by atoms with Gasteiger partial charge in [-0.1, -0.05) is 224 Å². The van der Waals surface area contributed by atoms with Crippen molar-refractivity contribution in [3.8, 4) is 56.4 Å². The Morgan fingerprint density at radius 3 is 1.04 bits per heavy atom. The van der Waals surface area contributed by atoms with Crippen molar-refractivity contribution in [1.82, 2.24) is 0 Å². The molecule has 3 aliphatic carbocycles. The fourth-order valence-electron chi connectivity index (χ4n) is 15.5. The second kappa shape index (κ2) is 15.8. The van der Waals surface area contributed by atoms with Crippen LogP contribution in [0.5, 0.6) is 23.0 Å². The van der Waals surface area contributed by atoms with Crippen LogP contribution in [-0.4, -0.2) is 0 Å². The predicted octanol–water partition coefficient (Wildman–Crippen LogP) is 18.9. The van der Waals surface area contributed by atoms with Crippen molar-refractivity contribution in [1.29, 1.82) is 0 Å². The van der Waals surface area contributed by atoms with Gasteiger partial charge in [0.25, 0.3) is 0 Å². The first-order chi connectivity index (χ1) is 39.2. The van der Waals surface area contributed by atoms with E-state index >= 15 is 0 Å². The molecule has 18 rings (SSSR count). The highest BCUT2D eigenvalue weighted by Crippen LogP contribution is 2.68. The maximum absolute atomic E-state index is 6.85. The first kappa shape index (κ1) is 43.5. The zero-order valence-corrected chi connectivity index (χ0v) is 43.5. The van der Waals surface area contributed by atoms with Gasteiger partial charge in [0.2, 0.25) is 0 Å². The Balaban J connectivity index is 0.984. The summed E-state index contributed by atoms with van der Waals surface area (Å²) in [5.74, 6) is 3.50. The Labute approximate surface area is 462 Å². The molecule has 0 atom stereocenters. The standard InChI is InChI=1S/C75H45NO2S/c1-4-24-51-47(21-1)48-44-43-46(45-62(48)75(51)58-31-11-17-41-69(58)79-70-42-18-12-32-59(70)75)76(63-35-19-33-60-71(63)49-22-2-5-25-52(49)73(60)54-27-7-13-37-65(54)77-66-38-14-8-28-55(66)73)64-36-20-34-61-72(64)50-23-3-6-26-53(50)74(61)56-29-9-15-39-67(56)78-68-40-16-10-30-57(68)74/h1-45H. The van der Waals surface area contributed by atoms with E-state index in [0.29, 0.717) is 0 Å². The number of hydrogen-bond donors (Lipinski definition) is 0. The van der Waals surface area contributed by atoms with E-state index in [1.165, 1.54) is 87.7 Å². The molecule has 0 N–H and O–H groups in total. The highest BCUT2D eigenvalue weighted by atomic mass is 32.2. The molecule has 368 valence electrons. The van der Waals surface area contributed by atoms with Gasteiger partial charge in [-0.25, -0.2) is 0 Å². The summed E-state index contributed by atoms with van der Waals surface area (Å²) in [5.41, 5.74) is 23.5. The predicted molar refractivity (Wildman–Crippen MR) is 317 cm³/mol. The smallest absolute Gasteiger partial charge is 0.132 e. The minimum absolute atomic E-state index is 0.582. The normalized spacial score (nSPS) is 15.3. The van der Waals surface area contributed by atoms with Crippen LogP contribution in [-0.2, 0) is 16.2 Å². The number of nitrogens with zero attached hydrogens (tertiary/aromatic N) is 1. The number of rotatable bonds is 3. The zero-order valence-electron chi connectivity index (χ0n) is 42.7. The van der Waals surface area contributed by atoms with Crippen LogP contribution in [0.3, 0.4) is 0 Å². The van der Waals surface area contributed by atoms with Crippen LogP contribution in [0.15, 0.2) is 283 Å². The molecule has 3 spiro atoms. The Kier molecular flexibility index (Phi) is 8.67. The van der Waals surface area contributed by atoms with Crippen molar-refractivity contribution in [3.63, 3.8) is 0 Å². The molecule has 0 amide bonds. The van der Waals surface area contributed by atoms with Crippen LogP contribution in [0.2, 0.25) is 0 Å². The Morgan fingerprint density at radius 2 is 0.582 bits per heavy atom. The van der Waals surface area contributed by atoms with Gasteiger partial charge in [0.15, 0.2) is 0 Å². The van der Waals surface area contributed by atoms with E-state index in [-0.39, 0.29) is 0 Å². The molecule has 0 aromatic heterocycles. The summed E-state index contributed by atoms with van der Waals surface area (Å²) in [6.45, 7) is 0. The largest absolute Gasteiger partial charge is 0.457 e. The molecule has 0 saturated heterocycles. The van der Waals surface area contributed by atoms with E-state index < -0.39 is 16.2 Å². The van der Waals surface area contributed by atoms with Crippen LogP contribution >= 0.6 is 11.8 Å². The second-order valence-electron chi connectivity index (χ2n) is 21.6. The Hall–Kier alpha value is -9.61. The summed E-state index contributed by atoms with van der Waals surface area (Å²) in [4.78, 5) is 5.20. The minimum Gasteiger partial charge on any atom is -0.457 e. The van der Waals surface area contributed by atoms with E-state index in [0.717, 1.165) is 62.3 Å². The van der Waals surface area contributed by atoms with E-state index in [1.54, 1.807) is 0 Å². The van der Waals surface area contributed by atoms with Crippen LogP contribution in [0.4, 0.5) is 17.1 Å². The molecule has 3 aliphatic heterocycles. The lowest BCUT2D eigenvalue weighted by molar-refractivity contribution is 0.436. The first-order valence-corrected chi connectivity index (χ1v) is 28.1. The van der Waals surface area contributed by atoms with Gasteiger partial charge in [-0.05, 0) is 127 Å². The number of benzene rings is 12. The topological polar surface area (TPSA) is 21.7 Å². The van der Waals surface area contributed by atoms with E-state index in [2.05, 4.69) is 278 Å². The van der Waals surface area contributed by atoms with Crippen molar-refractivity contribution >= 4 is 28.8 Å². The maximum atomic E-state index is 6.85. The fraction of sp³-hybridized carbons (Fsp3) is 0.0400. The molecule has 79 heavy (non-hydrogen) atoms. The molecule has 12 aromatic rings. The lowest BCUT2D eigenvalue weighted by Gasteiger charge is -2.40. The van der Waals surface area contributed by atoms with Gasteiger partial charge in [0.1, 0.15) is 23.0 Å². The van der Waals surface area contributed by atoms with Gasteiger partial charge in [-0.2, -0.15) is 0 Å². The van der Waals surface area contributed by atoms with Gasteiger partial charge in [0.05, 0.1) is 27.6 Å². The fourth-order valence-corrected chi connectivity index (χ4v) is 16.7. The van der Waals surface area contributed by atoms with Crippen LogP contribution in [0, 0.1) is 0 Å². The van der Waals surface area contributed by atoms with Gasteiger partial charge < -0.3 is 14.4 Å². The van der Waals surface area contributed by atoms with Gasteiger partial charge in [-0.15, -0.1) is 0 Å². The third-order valence-corrected chi connectivity index (χ3v) is 19.4. The number of fused-ring (bicyclic) bond motifs is 27. The third kappa shape index (κ3) is 5.30. The summed E-state index contributed by atoms with van der Waals surface area (Å²) in [6, 6.07) is 102. The summed E-state index contributed by atoms with van der Waals surface area (Å²) < 4.78 is 13.7. The molecule has 6 aliphatic rings. The van der Waals surface area contributed by atoms with Gasteiger partial charge in [-0.3, -0.25) is 0 Å². The number of para-hydroxylation sites is 4.